The van der Waals surface area contributed by atoms with Gasteiger partial charge in [0.15, 0.2) is 0 Å². The summed E-state index contributed by atoms with van der Waals surface area (Å²) in [6.07, 6.45) is 0. The van der Waals surface area contributed by atoms with Crippen molar-refractivity contribution in [2.45, 2.75) is 5.92 Å². The Hall–Kier alpha value is -3.78. The molecule has 0 unspecified atom stereocenters. The summed E-state index contributed by atoms with van der Waals surface area (Å²) in [7, 11) is 0. The molecule has 0 fully saturated rings. The van der Waals surface area contributed by atoms with E-state index >= 15 is 0 Å². The van der Waals surface area contributed by atoms with Gasteiger partial charge >= 0.3 is 0 Å². The molecule has 1 atom stereocenters. The Morgan fingerprint density at radius 1 is 0.963 bits per heavy atom. The molecule has 3 aromatic carbocycles. The highest BCUT2D eigenvalue weighted by molar-refractivity contribution is 5.78. The molecule has 0 aliphatic carbocycles. The number of halogens is 1. The Balaban J connectivity index is 2.03. The molecule has 0 aromatic heterocycles. The zero-order valence-electron chi connectivity index (χ0n) is 14.3. The van der Waals surface area contributed by atoms with Crippen molar-refractivity contribution in [3.63, 3.8) is 0 Å². The van der Waals surface area contributed by atoms with Crippen molar-refractivity contribution in [3.8, 4) is 11.8 Å². The molecule has 4 nitrogen and oxygen atoms in total. The van der Waals surface area contributed by atoms with Crippen LogP contribution in [0.4, 0.5) is 15.8 Å². The highest BCUT2D eigenvalue weighted by atomic mass is 19.1. The topological polar surface area (TPSA) is 73.3 Å². The average molecular weight is 357 g/mol. The molecule has 3 aromatic rings. The Labute approximate surface area is 156 Å². The first kappa shape index (κ1) is 16.7. The smallest absolute Gasteiger partial charge is 0.127 e. The largest absolute Gasteiger partial charge is 0.508 e. The Morgan fingerprint density at radius 2 is 1.67 bits per heavy atom. The lowest BCUT2D eigenvalue weighted by Gasteiger charge is -2.36. The number of allylic oxidation sites excluding steroid dienone is 1. The second-order valence-electron chi connectivity index (χ2n) is 6.28. The first-order chi connectivity index (χ1) is 13.1. The van der Waals surface area contributed by atoms with Crippen molar-refractivity contribution in [2.24, 2.45) is 5.73 Å². The maximum absolute atomic E-state index is 14.6. The summed E-state index contributed by atoms with van der Waals surface area (Å²) in [5.74, 6) is -0.771. The van der Waals surface area contributed by atoms with E-state index in [2.05, 4.69) is 6.07 Å². The van der Waals surface area contributed by atoms with Gasteiger partial charge in [0.25, 0.3) is 0 Å². The first-order valence-electron chi connectivity index (χ1n) is 8.44. The minimum absolute atomic E-state index is 0.0650. The summed E-state index contributed by atoms with van der Waals surface area (Å²) in [4.78, 5) is 1.71. The van der Waals surface area contributed by atoms with Crippen LogP contribution in [0.3, 0.4) is 0 Å². The maximum Gasteiger partial charge on any atom is 0.127 e. The fourth-order valence-corrected chi connectivity index (χ4v) is 3.53. The maximum atomic E-state index is 14.6. The van der Waals surface area contributed by atoms with E-state index in [1.54, 1.807) is 35.2 Å². The van der Waals surface area contributed by atoms with Crippen molar-refractivity contribution >= 4 is 11.4 Å². The van der Waals surface area contributed by atoms with Gasteiger partial charge < -0.3 is 10.8 Å². The molecule has 1 aliphatic rings. The first-order valence-corrected chi connectivity index (χ1v) is 8.44. The van der Waals surface area contributed by atoms with E-state index in [0.29, 0.717) is 16.8 Å². The minimum Gasteiger partial charge on any atom is -0.508 e. The van der Waals surface area contributed by atoms with E-state index in [1.165, 1.54) is 12.1 Å². The molecule has 1 aliphatic heterocycles. The number of rotatable bonds is 2. The molecule has 4 rings (SSSR count). The van der Waals surface area contributed by atoms with Crippen LogP contribution < -0.4 is 10.6 Å². The van der Waals surface area contributed by atoms with Gasteiger partial charge in [0.2, 0.25) is 0 Å². The number of para-hydroxylation sites is 1. The molecule has 0 amide bonds. The Kier molecular flexibility index (Phi) is 4.02. The molecule has 132 valence electrons. The molecule has 0 bridgehead atoms. The Bertz CT molecular complexity index is 1090. The van der Waals surface area contributed by atoms with E-state index in [9.17, 15) is 14.8 Å². The molecule has 0 saturated heterocycles. The highest BCUT2D eigenvalue weighted by Crippen LogP contribution is 2.47. The summed E-state index contributed by atoms with van der Waals surface area (Å²) in [5, 5.41) is 19.9. The van der Waals surface area contributed by atoms with Crippen LogP contribution in [0.5, 0.6) is 5.75 Å². The second kappa shape index (κ2) is 6.50. The highest BCUT2D eigenvalue weighted by Gasteiger charge is 2.35. The number of fused-ring (bicyclic) bond motifs is 1. The summed E-state index contributed by atoms with van der Waals surface area (Å²) < 4.78 is 14.6. The lowest BCUT2D eigenvalue weighted by molar-refractivity contribution is 0.475. The predicted octanol–water partition coefficient (Wildman–Crippen LogP) is 4.51. The van der Waals surface area contributed by atoms with Gasteiger partial charge in [-0.25, -0.2) is 4.39 Å². The lowest BCUT2D eigenvalue weighted by atomic mass is 9.81. The summed E-state index contributed by atoms with van der Waals surface area (Å²) in [6.45, 7) is 0. The van der Waals surface area contributed by atoms with Crippen molar-refractivity contribution in [2.75, 3.05) is 4.90 Å². The van der Waals surface area contributed by atoms with Crippen LogP contribution in [0.1, 0.15) is 17.0 Å². The lowest BCUT2D eigenvalue weighted by Crippen LogP contribution is -2.31. The van der Waals surface area contributed by atoms with Gasteiger partial charge in [-0.2, -0.15) is 5.26 Å². The predicted molar refractivity (Wildman–Crippen MR) is 102 cm³/mol. The number of nitrogens with two attached hydrogens (primary N) is 1. The van der Waals surface area contributed by atoms with Crippen LogP contribution in [-0.4, -0.2) is 5.11 Å². The molecule has 5 heteroatoms. The number of nitriles is 1. The molecule has 1 heterocycles. The van der Waals surface area contributed by atoms with E-state index in [1.807, 2.05) is 30.3 Å². The van der Waals surface area contributed by atoms with Crippen LogP contribution in [0, 0.1) is 17.1 Å². The standard InChI is InChI=1S/C22H16FN3O/c23-19-9-5-4-8-16(19)21-17-11-10-15(27)12-20(17)26(22(25)18(21)13-24)14-6-2-1-3-7-14/h1-12,21,27H,25H2/t21-/m1/s1. The monoisotopic (exact) mass is 357 g/mol. The number of phenols is 1. The molecular weight excluding hydrogens is 341 g/mol. The van der Waals surface area contributed by atoms with E-state index in [4.69, 9.17) is 5.73 Å². The van der Waals surface area contributed by atoms with Crippen molar-refractivity contribution < 1.29 is 9.50 Å². The number of aromatic hydroxyl groups is 1. The molecular formula is C22H16FN3O. The fraction of sp³-hybridized carbons (Fsp3) is 0.0455. The summed E-state index contributed by atoms with van der Waals surface area (Å²) in [6, 6.07) is 22.7. The molecule has 27 heavy (non-hydrogen) atoms. The van der Waals surface area contributed by atoms with Crippen LogP contribution in [0.2, 0.25) is 0 Å². The van der Waals surface area contributed by atoms with Gasteiger partial charge in [0.05, 0.1) is 23.2 Å². The van der Waals surface area contributed by atoms with Gasteiger partial charge in [0.1, 0.15) is 17.4 Å². The zero-order valence-corrected chi connectivity index (χ0v) is 14.3. The third-order valence-electron chi connectivity index (χ3n) is 4.72. The van der Waals surface area contributed by atoms with Gasteiger partial charge in [-0.1, -0.05) is 42.5 Å². The second-order valence-corrected chi connectivity index (χ2v) is 6.28. The third-order valence-corrected chi connectivity index (χ3v) is 4.72. The quantitative estimate of drug-likeness (QED) is 0.708. The summed E-state index contributed by atoms with van der Waals surface area (Å²) >= 11 is 0. The average Bonchev–Trinajstić information content (AvgIpc) is 2.68. The molecule has 0 saturated carbocycles. The van der Waals surface area contributed by atoms with Crippen molar-refractivity contribution in [1.82, 2.24) is 0 Å². The van der Waals surface area contributed by atoms with E-state index < -0.39 is 11.7 Å². The number of phenolic OH excluding ortho intramolecular Hbond substituents is 1. The number of hydrogen-bond donors (Lipinski definition) is 2. The van der Waals surface area contributed by atoms with Crippen LogP contribution in [0.15, 0.2) is 84.2 Å². The number of benzene rings is 3. The van der Waals surface area contributed by atoms with Gasteiger partial charge in [-0.3, -0.25) is 4.90 Å². The van der Waals surface area contributed by atoms with Crippen LogP contribution >= 0.6 is 0 Å². The van der Waals surface area contributed by atoms with Crippen molar-refractivity contribution in [3.05, 3.63) is 101 Å². The molecule has 3 N–H and O–H groups in total. The van der Waals surface area contributed by atoms with Crippen molar-refractivity contribution in [1.29, 1.82) is 5.26 Å². The van der Waals surface area contributed by atoms with E-state index in [0.717, 1.165) is 5.69 Å². The van der Waals surface area contributed by atoms with Gasteiger partial charge in [-0.15, -0.1) is 0 Å². The van der Waals surface area contributed by atoms with Crippen LogP contribution in [-0.2, 0) is 0 Å². The van der Waals surface area contributed by atoms with Gasteiger partial charge in [0, 0.05) is 17.3 Å². The number of anilines is 2. The molecule has 0 radical (unpaired) electrons. The number of hydrogen-bond acceptors (Lipinski definition) is 4. The Morgan fingerprint density at radius 3 is 2.37 bits per heavy atom. The SMILES string of the molecule is N#CC1=C(N)N(c2ccccc2)c2cc(O)ccc2[C@H]1c1ccccc1F. The van der Waals surface area contributed by atoms with E-state index in [-0.39, 0.29) is 17.1 Å². The normalized spacial score (nSPS) is 16.0. The van der Waals surface area contributed by atoms with Gasteiger partial charge in [-0.05, 0) is 29.8 Å². The third kappa shape index (κ3) is 2.68. The van der Waals surface area contributed by atoms with Crippen LogP contribution in [0.25, 0.3) is 0 Å². The number of nitrogens with zero attached hydrogens (tertiary/aromatic N) is 2. The fourth-order valence-electron chi connectivity index (χ4n) is 3.53. The zero-order chi connectivity index (χ0) is 19.0. The summed E-state index contributed by atoms with van der Waals surface area (Å²) in [5.41, 5.74) is 9.09. The molecule has 0 spiro atoms. The minimum atomic E-state index is -0.647.